The molecule has 1 saturated carbocycles. The summed E-state index contributed by atoms with van der Waals surface area (Å²) in [5, 5.41) is 0. The minimum Gasteiger partial charge on any atom is -0.367 e. The summed E-state index contributed by atoms with van der Waals surface area (Å²) in [5.74, 6) is 0.261. The molecule has 1 aromatic carbocycles. The zero-order valence-electron chi connectivity index (χ0n) is 12.3. The number of hydrogen-bond donors (Lipinski definition) is 0. The maximum atomic E-state index is 12.6. The molecule has 1 aliphatic carbocycles. The van der Waals surface area contributed by atoms with E-state index < -0.39 is 5.60 Å². The van der Waals surface area contributed by atoms with Crippen LogP contribution >= 0.6 is 0 Å². The van der Waals surface area contributed by atoms with Crippen molar-refractivity contribution in [1.82, 2.24) is 0 Å². The number of benzene rings is 1. The first-order chi connectivity index (χ1) is 9.05. The number of ketones is 1. The Kier molecular flexibility index (Phi) is 4.41. The molecule has 0 aliphatic heterocycles. The second kappa shape index (κ2) is 5.87. The third-order valence-corrected chi connectivity index (χ3v) is 3.99. The SMILES string of the molecule is CCOC1(C(=O)Cc2cc(C)cc(C)c2)CCCC1. The predicted octanol–water partition coefficient (Wildman–Crippen LogP) is 3.76. The zero-order valence-corrected chi connectivity index (χ0v) is 12.3. The first kappa shape index (κ1) is 14.3. The van der Waals surface area contributed by atoms with Crippen LogP contribution in [0.4, 0.5) is 0 Å². The Morgan fingerprint density at radius 3 is 2.26 bits per heavy atom. The van der Waals surface area contributed by atoms with Gasteiger partial charge in [0.1, 0.15) is 5.60 Å². The standard InChI is InChI=1S/C17H24O2/c1-4-19-17(7-5-6-8-17)16(18)12-15-10-13(2)9-14(3)11-15/h9-11H,4-8,12H2,1-3H3. The lowest BCUT2D eigenvalue weighted by atomic mass is 9.90. The van der Waals surface area contributed by atoms with E-state index in [-0.39, 0.29) is 5.78 Å². The lowest BCUT2D eigenvalue weighted by Crippen LogP contribution is -2.40. The molecule has 0 bridgehead atoms. The molecule has 2 rings (SSSR count). The minimum atomic E-state index is -0.494. The van der Waals surface area contributed by atoms with Gasteiger partial charge in [0, 0.05) is 13.0 Å². The molecule has 0 N–H and O–H groups in total. The quantitative estimate of drug-likeness (QED) is 0.805. The van der Waals surface area contributed by atoms with Gasteiger partial charge in [-0.3, -0.25) is 4.79 Å². The van der Waals surface area contributed by atoms with Crippen molar-refractivity contribution >= 4 is 5.78 Å². The van der Waals surface area contributed by atoms with Gasteiger partial charge < -0.3 is 4.74 Å². The first-order valence-electron chi connectivity index (χ1n) is 7.30. The van der Waals surface area contributed by atoms with Crippen molar-refractivity contribution in [1.29, 1.82) is 0 Å². The maximum absolute atomic E-state index is 12.6. The molecule has 0 atom stereocenters. The van der Waals surface area contributed by atoms with Crippen molar-refractivity contribution in [3.63, 3.8) is 0 Å². The molecule has 0 heterocycles. The van der Waals surface area contributed by atoms with Gasteiger partial charge in [-0.1, -0.05) is 29.3 Å². The number of carbonyl (C=O) groups is 1. The number of hydrogen-bond acceptors (Lipinski definition) is 2. The Balaban J connectivity index is 2.14. The van der Waals surface area contributed by atoms with Gasteiger partial charge in [0.05, 0.1) is 0 Å². The third kappa shape index (κ3) is 3.24. The van der Waals surface area contributed by atoms with Gasteiger partial charge in [0.15, 0.2) is 5.78 Å². The molecule has 2 heteroatoms. The Morgan fingerprint density at radius 1 is 1.16 bits per heavy atom. The molecule has 1 aliphatic rings. The Morgan fingerprint density at radius 2 is 1.74 bits per heavy atom. The van der Waals surface area contributed by atoms with Crippen LogP contribution in [-0.2, 0) is 16.0 Å². The molecular weight excluding hydrogens is 236 g/mol. The van der Waals surface area contributed by atoms with Gasteiger partial charge in [-0.05, 0) is 52.0 Å². The molecule has 0 saturated heterocycles. The lowest BCUT2D eigenvalue weighted by molar-refractivity contribution is -0.142. The summed E-state index contributed by atoms with van der Waals surface area (Å²) in [4.78, 5) is 12.6. The van der Waals surface area contributed by atoms with Crippen molar-refractivity contribution in [2.75, 3.05) is 6.61 Å². The molecule has 2 nitrogen and oxygen atoms in total. The van der Waals surface area contributed by atoms with Gasteiger partial charge in [-0.25, -0.2) is 0 Å². The van der Waals surface area contributed by atoms with E-state index in [0.717, 1.165) is 31.2 Å². The second-order valence-corrected chi connectivity index (χ2v) is 5.73. The van der Waals surface area contributed by atoms with Crippen molar-refractivity contribution in [2.24, 2.45) is 0 Å². The van der Waals surface area contributed by atoms with E-state index in [2.05, 4.69) is 32.0 Å². The van der Waals surface area contributed by atoms with E-state index >= 15 is 0 Å². The van der Waals surface area contributed by atoms with E-state index in [1.807, 2.05) is 6.92 Å². The minimum absolute atomic E-state index is 0.261. The van der Waals surface area contributed by atoms with Gasteiger partial charge in [-0.2, -0.15) is 0 Å². The van der Waals surface area contributed by atoms with E-state index in [9.17, 15) is 4.79 Å². The fourth-order valence-corrected chi connectivity index (χ4v) is 3.24. The van der Waals surface area contributed by atoms with Crippen LogP contribution < -0.4 is 0 Å². The molecule has 19 heavy (non-hydrogen) atoms. The van der Waals surface area contributed by atoms with Crippen LogP contribution in [0.15, 0.2) is 18.2 Å². The topological polar surface area (TPSA) is 26.3 Å². The van der Waals surface area contributed by atoms with Gasteiger partial charge >= 0.3 is 0 Å². The summed E-state index contributed by atoms with van der Waals surface area (Å²) in [6, 6.07) is 6.36. The summed E-state index contributed by atoms with van der Waals surface area (Å²) < 4.78 is 5.84. The highest BCUT2D eigenvalue weighted by Crippen LogP contribution is 2.35. The largest absolute Gasteiger partial charge is 0.367 e. The average molecular weight is 260 g/mol. The highest BCUT2D eigenvalue weighted by Gasteiger charge is 2.41. The molecule has 1 fully saturated rings. The molecule has 0 unspecified atom stereocenters. The second-order valence-electron chi connectivity index (χ2n) is 5.73. The summed E-state index contributed by atoms with van der Waals surface area (Å²) in [6.07, 6.45) is 4.51. The average Bonchev–Trinajstić information content (AvgIpc) is 2.78. The molecule has 0 amide bonds. The van der Waals surface area contributed by atoms with Crippen LogP contribution in [0, 0.1) is 13.8 Å². The van der Waals surface area contributed by atoms with E-state index in [0.29, 0.717) is 13.0 Å². The van der Waals surface area contributed by atoms with Crippen LogP contribution in [0.1, 0.15) is 49.3 Å². The Labute approximate surface area is 116 Å². The highest BCUT2D eigenvalue weighted by molar-refractivity contribution is 5.89. The number of aryl methyl sites for hydroxylation is 2. The van der Waals surface area contributed by atoms with Crippen molar-refractivity contribution < 1.29 is 9.53 Å². The van der Waals surface area contributed by atoms with E-state index in [1.54, 1.807) is 0 Å². The highest BCUT2D eigenvalue weighted by atomic mass is 16.5. The molecule has 0 aromatic heterocycles. The summed E-state index contributed by atoms with van der Waals surface area (Å²) in [6.45, 7) is 6.76. The summed E-state index contributed by atoms with van der Waals surface area (Å²) >= 11 is 0. The molecular formula is C17H24O2. The molecule has 0 spiro atoms. The molecule has 1 aromatic rings. The monoisotopic (exact) mass is 260 g/mol. The Bertz CT molecular complexity index is 436. The fraction of sp³-hybridized carbons (Fsp3) is 0.588. The number of rotatable bonds is 5. The van der Waals surface area contributed by atoms with Gasteiger partial charge in [0.25, 0.3) is 0 Å². The first-order valence-corrected chi connectivity index (χ1v) is 7.30. The maximum Gasteiger partial charge on any atom is 0.168 e. The van der Waals surface area contributed by atoms with Crippen molar-refractivity contribution in [3.05, 3.63) is 34.9 Å². The molecule has 0 radical (unpaired) electrons. The molecule has 104 valence electrons. The smallest absolute Gasteiger partial charge is 0.168 e. The third-order valence-electron chi connectivity index (χ3n) is 3.99. The van der Waals surface area contributed by atoms with Crippen LogP contribution in [0.3, 0.4) is 0 Å². The summed E-state index contributed by atoms with van der Waals surface area (Å²) in [7, 11) is 0. The summed E-state index contributed by atoms with van der Waals surface area (Å²) in [5.41, 5.74) is 3.07. The van der Waals surface area contributed by atoms with Crippen LogP contribution in [0.2, 0.25) is 0 Å². The normalized spacial score (nSPS) is 17.6. The number of Topliss-reactive ketones (excluding diaryl/α,β-unsaturated/α-hetero) is 1. The van der Waals surface area contributed by atoms with E-state index in [1.165, 1.54) is 11.1 Å². The predicted molar refractivity (Wildman–Crippen MR) is 77.5 cm³/mol. The number of carbonyl (C=O) groups excluding carboxylic acids is 1. The van der Waals surface area contributed by atoms with Gasteiger partial charge in [0.2, 0.25) is 0 Å². The van der Waals surface area contributed by atoms with Crippen molar-refractivity contribution in [2.45, 2.75) is 58.5 Å². The van der Waals surface area contributed by atoms with Crippen molar-refractivity contribution in [3.8, 4) is 0 Å². The number of ether oxygens (including phenoxy) is 1. The zero-order chi connectivity index (χ0) is 13.9. The Hall–Kier alpha value is -1.15. The van der Waals surface area contributed by atoms with E-state index in [4.69, 9.17) is 4.74 Å². The van der Waals surface area contributed by atoms with Gasteiger partial charge in [-0.15, -0.1) is 0 Å². The fourth-order valence-electron chi connectivity index (χ4n) is 3.24. The van der Waals surface area contributed by atoms with Crippen LogP contribution in [0.25, 0.3) is 0 Å². The van der Waals surface area contributed by atoms with Crippen LogP contribution in [0.5, 0.6) is 0 Å². The lowest BCUT2D eigenvalue weighted by Gasteiger charge is -2.27. The van der Waals surface area contributed by atoms with Crippen LogP contribution in [-0.4, -0.2) is 18.0 Å².